The Hall–Kier alpha value is -2.76. The van der Waals surface area contributed by atoms with Gasteiger partial charge in [0.1, 0.15) is 11.6 Å². The molecule has 0 radical (unpaired) electrons. The van der Waals surface area contributed by atoms with Gasteiger partial charge >= 0.3 is 0 Å². The average molecular weight is 301 g/mol. The minimum absolute atomic E-state index is 0.0367. The second kappa shape index (κ2) is 5.55. The Morgan fingerprint density at radius 1 is 1.23 bits per heavy atom. The van der Waals surface area contributed by atoms with E-state index in [4.69, 9.17) is 0 Å². The summed E-state index contributed by atoms with van der Waals surface area (Å²) in [6, 6.07) is 8.54. The molecule has 2 aromatic carbocycles. The first-order valence-electron chi connectivity index (χ1n) is 6.68. The van der Waals surface area contributed by atoms with Crippen molar-refractivity contribution < 1.29 is 13.6 Å². The number of imidazole rings is 1. The molecular weight excluding hydrogens is 288 g/mol. The van der Waals surface area contributed by atoms with Gasteiger partial charge in [0.15, 0.2) is 0 Å². The maximum absolute atomic E-state index is 13.5. The van der Waals surface area contributed by atoms with E-state index in [-0.39, 0.29) is 18.0 Å². The summed E-state index contributed by atoms with van der Waals surface area (Å²) in [4.78, 5) is 16.2. The van der Waals surface area contributed by atoms with E-state index < -0.39 is 11.6 Å². The van der Waals surface area contributed by atoms with Crippen molar-refractivity contribution in [2.45, 2.75) is 6.42 Å². The Bertz CT molecular complexity index is 858. The lowest BCUT2D eigenvalue weighted by Crippen LogP contribution is -2.15. The van der Waals surface area contributed by atoms with E-state index in [1.807, 2.05) is 29.8 Å². The fraction of sp³-hybridized carbons (Fsp3) is 0.125. The molecule has 6 heteroatoms. The molecule has 1 aromatic heterocycles. The van der Waals surface area contributed by atoms with Crippen LogP contribution in [0.4, 0.5) is 14.5 Å². The molecule has 0 spiro atoms. The van der Waals surface area contributed by atoms with Crippen molar-refractivity contribution in [2.24, 2.45) is 7.05 Å². The Balaban J connectivity index is 1.75. The van der Waals surface area contributed by atoms with E-state index >= 15 is 0 Å². The third-order valence-electron chi connectivity index (χ3n) is 3.36. The minimum atomic E-state index is -0.798. The maximum Gasteiger partial charge on any atom is 0.228 e. The molecule has 3 rings (SSSR count). The average Bonchev–Trinajstić information content (AvgIpc) is 2.83. The van der Waals surface area contributed by atoms with E-state index in [1.54, 1.807) is 6.33 Å². The first kappa shape index (κ1) is 14.2. The molecule has 0 bridgehead atoms. The van der Waals surface area contributed by atoms with E-state index in [0.717, 1.165) is 28.7 Å². The van der Waals surface area contributed by atoms with Gasteiger partial charge in [0.05, 0.1) is 29.5 Å². The van der Waals surface area contributed by atoms with Crippen LogP contribution >= 0.6 is 0 Å². The third kappa shape index (κ3) is 2.81. The van der Waals surface area contributed by atoms with E-state index in [1.165, 1.54) is 6.07 Å². The lowest BCUT2D eigenvalue weighted by Gasteiger charge is -2.07. The van der Waals surface area contributed by atoms with Gasteiger partial charge in [-0.05, 0) is 29.8 Å². The lowest BCUT2D eigenvalue weighted by atomic mass is 10.1. The van der Waals surface area contributed by atoms with Gasteiger partial charge in [0, 0.05) is 13.1 Å². The van der Waals surface area contributed by atoms with Crippen LogP contribution in [0, 0.1) is 11.6 Å². The number of nitrogens with one attached hydrogen (secondary N) is 1. The van der Waals surface area contributed by atoms with Crippen molar-refractivity contribution in [3.8, 4) is 0 Å². The summed E-state index contributed by atoms with van der Waals surface area (Å²) in [7, 11) is 1.89. The lowest BCUT2D eigenvalue weighted by molar-refractivity contribution is -0.115. The largest absolute Gasteiger partial charge is 0.334 e. The number of halogens is 2. The number of aryl methyl sites for hydroxylation is 1. The van der Waals surface area contributed by atoms with Crippen LogP contribution < -0.4 is 5.32 Å². The molecule has 0 aliphatic rings. The fourth-order valence-corrected chi connectivity index (χ4v) is 2.26. The molecule has 1 N–H and O–H groups in total. The van der Waals surface area contributed by atoms with Crippen molar-refractivity contribution in [3.05, 3.63) is 59.9 Å². The molecule has 0 saturated carbocycles. The summed E-state index contributed by atoms with van der Waals surface area (Å²) in [6.07, 6.45) is 1.78. The number of amides is 1. The summed E-state index contributed by atoms with van der Waals surface area (Å²) in [5.74, 6) is -1.86. The van der Waals surface area contributed by atoms with E-state index in [0.29, 0.717) is 0 Å². The molecule has 1 heterocycles. The molecule has 0 aliphatic heterocycles. The normalized spacial score (nSPS) is 10.9. The number of anilines is 1. The summed E-state index contributed by atoms with van der Waals surface area (Å²) in [5, 5.41) is 2.43. The molecule has 4 nitrogen and oxygen atoms in total. The number of hydrogen-bond acceptors (Lipinski definition) is 2. The molecule has 0 atom stereocenters. The molecule has 112 valence electrons. The first-order valence-corrected chi connectivity index (χ1v) is 6.68. The minimum Gasteiger partial charge on any atom is -0.334 e. The topological polar surface area (TPSA) is 46.9 Å². The van der Waals surface area contributed by atoms with Gasteiger partial charge < -0.3 is 9.88 Å². The van der Waals surface area contributed by atoms with Crippen LogP contribution in [0.5, 0.6) is 0 Å². The molecule has 0 aliphatic carbocycles. The second-order valence-corrected chi connectivity index (χ2v) is 5.03. The van der Waals surface area contributed by atoms with Crippen LogP contribution in [-0.4, -0.2) is 15.5 Å². The number of carbonyl (C=O) groups is 1. The van der Waals surface area contributed by atoms with Gasteiger partial charge in [-0.15, -0.1) is 0 Å². The predicted molar refractivity (Wildman–Crippen MR) is 79.4 cm³/mol. The van der Waals surface area contributed by atoms with Crippen LogP contribution in [0.1, 0.15) is 5.56 Å². The summed E-state index contributed by atoms with van der Waals surface area (Å²) < 4.78 is 28.2. The highest BCUT2D eigenvalue weighted by Gasteiger charge is 2.10. The zero-order chi connectivity index (χ0) is 15.7. The van der Waals surface area contributed by atoms with Crippen LogP contribution in [-0.2, 0) is 18.3 Å². The van der Waals surface area contributed by atoms with Gasteiger partial charge in [0.25, 0.3) is 0 Å². The molecular formula is C16H13F2N3O. The van der Waals surface area contributed by atoms with Gasteiger partial charge in [-0.25, -0.2) is 13.8 Å². The van der Waals surface area contributed by atoms with Crippen molar-refractivity contribution in [1.82, 2.24) is 9.55 Å². The number of rotatable bonds is 3. The highest BCUT2D eigenvalue weighted by molar-refractivity contribution is 5.93. The maximum atomic E-state index is 13.5. The molecule has 3 aromatic rings. The van der Waals surface area contributed by atoms with Crippen molar-refractivity contribution in [2.75, 3.05) is 5.32 Å². The molecule has 22 heavy (non-hydrogen) atoms. The fourth-order valence-electron chi connectivity index (χ4n) is 2.26. The standard InChI is InChI=1S/C16H13F2N3O/c1-21-9-19-14-6-10(2-5-15(14)21)7-16(22)20-13-4-3-11(17)8-12(13)18/h2-6,8-9H,7H2,1H3,(H,20,22). The number of fused-ring (bicyclic) bond motifs is 1. The van der Waals surface area contributed by atoms with Crippen LogP contribution in [0.2, 0.25) is 0 Å². The first-order chi connectivity index (χ1) is 10.5. The second-order valence-electron chi connectivity index (χ2n) is 5.03. The number of benzene rings is 2. The van der Waals surface area contributed by atoms with Crippen molar-refractivity contribution >= 4 is 22.6 Å². The zero-order valence-corrected chi connectivity index (χ0v) is 11.8. The Kier molecular flexibility index (Phi) is 3.58. The van der Waals surface area contributed by atoms with Gasteiger partial charge in [0.2, 0.25) is 5.91 Å². The number of nitrogens with zero attached hydrogens (tertiary/aromatic N) is 2. The smallest absolute Gasteiger partial charge is 0.228 e. The Morgan fingerprint density at radius 2 is 2.05 bits per heavy atom. The zero-order valence-electron chi connectivity index (χ0n) is 11.8. The summed E-state index contributed by atoms with van der Waals surface area (Å²) in [5.41, 5.74) is 2.49. The molecule has 0 unspecified atom stereocenters. The number of aromatic nitrogens is 2. The Morgan fingerprint density at radius 3 is 2.82 bits per heavy atom. The van der Waals surface area contributed by atoms with Gasteiger partial charge in [-0.1, -0.05) is 6.07 Å². The third-order valence-corrected chi connectivity index (χ3v) is 3.36. The SMILES string of the molecule is Cn1cnc2cc(CC(=O)Nc3ccc(F)cc3F)ccc21. The number of hydrogen-bond donors (Lipinski definition) is 1. The molecule has 0 fully saturated rings. The van der Waals surface area contributed by atoms with Crippen molar-refractivity contribution in [3.63, 3.8) is 0 Å². The highest BCUT2D eigenvalue weighted by atomic mass is 19.1. The Labute approximate surface area is 125 Å². The summed E-state index contributed by atoms with van der Waals surface area (Å²) >= 11 is 0. The molecule has 0 saturated heterocycles. The summed E-state index contributed by atoms with van der Waals surface area (Å²) in [6.45, 7) is 0. The van der Waals surface area contributed by atoms with Crippen molar-refractivity contribution in [1.29, 1.82) is 0 Å². The van der Waals surface area contributed by atoms with Crippen LogP contribution in [0.3, 0.4) is 0 Å². The van der Waals surface area contributed by atoms with E-state index in [2.05, 4.69) is 10.3 Å². The predicted octanol–water partition coefficient (Wildman–Crippen LogP) is 3.03. The monoisotopic (exact) mass is 301 g/mol. The van der Waals surface area contributed by atoms with Crippen LogP contribution in [0.15, 0.2) is 42.7 Å². The molecule has 1 amide bonds. The van der Waals surface area contributed by atoms with E-state index in [9.17, 15) is 13.6 Å². The van der Waals surface area contributed by atoms with Crippen LogP contribution in [0.25, 0.3) is 11.0 Å². The van der Waals surface area contributed by atoms with Gasteiger partial charge in [-0.3, -0.25) is 4.79 Å². The van der Waals surface area contributed by atoms with Gasteiger partial charge in [-0.2, -0.15) is 0 Å². The highest BCUT2D eigenvalue weighted by Crippen LogP contribution is 2.17. The number of carbonyl (C=O) groups excluding carboxylic acids is 1. The quantitative estimate of drug-likeness (QED) is 0.808.